The zero-order valence-corrected chi connectivity index (χ0v) is 15.5. The van der Waals surface area contributed by atoms with Crippen LogP contribution in [0.15, 0.2) is 72.8 Å². The van der Waals surface area contributed by atoms with E-state index in [0.29, 0.717) is 23.4 Å². The summed E-state index contributed by atoms with van der Waals surface area (Å²) in [6.45, 7) is 4.42. The van der Waals surface area contributed by atoms with Crippen LogP contribution in [0.4, 0.5) is 5.69 Å². The first-order valence-corrected chi connectivity index (χ1v) is 8.84. The van der Waals surface area contributed by atoms with Crippen LogP contribution >= 0.6 is 0 Å². The largest absolute Gasteiger partial charge is 0.348 e. The van der Waals surface area contributed by atoms with Crippen molar-refractivity contribution < 1.29 is 9.59 Å². The molecule has 3 aromatic carbocycles. The van der Waals surface area contributed by atoms with Gasteiger partial charge in [0.05, 0.1) is 11.3 Å². The molecule has 0 fully saturated rings. The predicted molar refractivity (Wildman–Crippen MR) is 108 cm³/mol. The quantitative estimate of drug-likeness (QED) is 0.706. The lowest BCUT2D eigenvalue weighted by atomic mass is 10.1. The predicted octanol–water partition coefficient (Wildman–Crippen LogP) is 4.49. The van der Waals surface area contributed by atoms with E-state index in [1.54, 1.807) is 36.4 Å². The first-order chi connectivity index (χ1) is 13.0. The van der Waals surface area contributed by atoms with Crippen molar-refractivity contribution in [1.82, 2.24) is 5.32 Å². The molecular formula is C23H22N2O2. The van der Waals surface area contributed by atoms with Crippen LogP contribution in [-0.2, 0) is 6.54 Å². The van der Waals surface area contributed by atoms with E-state index in [9.17, 15) is 9.59 Å². The molecule has 4 nitrogen and oxygen atoms in total. The summed E-state index contributed by atoms with van der Waals surface area (Å²) in [5.74, 6) is -0.466. The Labute approximate surface area is 159 Å². The Kier molecular flexibility index (Phi) is 5.67. The van der Waals surface area contributed by atoms with Crippen LogP contribution in [0.1, 0.15) is 37.4 Å². The summed E-state index contributed by atoms with van der Waals surface area (Å²) in [6.07, 6.45) is 0. The van der Waals surface area contributed by atoms with Crippen LogP contribution in [0.3, 0.4) is 0 Å². The first kappa shape index (κ1) is 18.4. The number of anilines is 1. The highest BCUT2D eigenvalue weighted by Crippen LogP contribution is 2.17. The molecule has 3 aromatic rings. The number of benzene rings is 3. The molecule has 4 heteroatoms. The lowest BCUT2D eigenvalue weighted by molar-refractivity contribution is 0.0951. The SMILES string of the molecule is Cc1ccc(C(=O)Nc2ccccc2C(=O)NCc2ccccc2C)cc1. The second-order valence-corrected chi connectivity index (χ2v) is 6.47. The molecule has 27 heavy (non-hydrogen) atoms. The number of rotatable bonds is 5. The van der Waals surface area contributed by atoms with Gasteiger partial charge in [-0.15, -0.1) is 0 Å². The van der Waals surface area contributed by atoms with Crippen LogP contribution < -0.4 is 10.6 Å². The van der Waals surface area contributed by atoms with E-state index < -0.39 is 0 Å². The first-order valence-electron chi connectivity index (χ1n) is 8.84. The molecule has 0 unspecified atom stereocenters. The summed E-state index contributed by atoms with van der Waals surface area (Å²) < 4.78 is 0. The van der Waals surface area contributed by atoms with Crippen LogP contribution in [0.2, 0.25) is 0 Å². The minimum atomic E-state index is -0.242. The minimum absolute atomic E-state index is 0.224. The summed E-state index contributed by atoms with van der Waals surface area (Å²) >= 11 is 0. The Hall–Kier alpha value is -3.40. The van der Waals surface area contributed by atoms with Gasteiger partial charge < -0.3 is 10.6 Å². The Morgan fingerprint density at radius 3 is 2.19 bits per heavy atom. The van der Waals surface area contributed by atoms with Crippen molar-refractivity contribution in [2.24, 2.45) is 0 Å². The lowest BCUT2D eigenvalue weighted by Gasteiger charge is -2.12. The van der Waals surface area contributed by atoms with Gasteiger partial charge in [0, 0.05) is 12.1 Å². The highest BCUT2D eigenvalue weighted by molar-refractivity contribution is 6.09. The van der Waals surface area contributed by atoms with Gasteiger partial charge in [-0.3, -0.25) is 9.59 Å². The number of aryl methyl sites for hydroxylation is 2. The van der Waals surface area contributed by atoms with Gasteiger partial charge >= 0.3 is 0 Å². The molecule has 0 aliphatic heterocycles. The molecular weight excluding hydrogens is 336 g/mol. The standard InChI is InChI=1S/C23H22N2O2/c1-16-11-13-18(14-12-16)22(26)25-21-10-6-5-9-20(21)23(27)24-15-19-8-4-3-7-17(19)2/h3-14H,15H2,1-2H3,(H,24,27)(H,25,26). The fourth-order valence-corrected chi connectivity index (χ4v) is 2.77. The fourth-order valence-electron chi connectivity index (χ4n) is 2.77. The molecule has 0 atom stereocenters. The summed E-state index contributed by atoms with van der Waals surface area (Å²) in [5, 5.41) is 5.76. The van der Waals surface area contributed by atoms with Crippen LogP contribution in [0.25, 0.3) is 0 Å². The van der Waals surface area contributed by atoms with Crippen molar-refractivity contribution in [3.63, 3.8) is 0 Å². The summed E-state index contributed by atoms with van der Waals surface area (Å²) in [6, 6.07) is 22.2. The molecule has 136 valence electrons. The van der Waals surface area contributed by atoms with Gasteiger partial charge in [-0.1, -0.05) is 54.1 Å². The molecule has 0 radical (unpaired) electrons. The Balaban J connectivity index is 1.73. The molecule has 2 N–H and O–H groups in total. The van der Waals surface area contributed by atoms with E-state index in [-0.39, 0.29) is 11.8 Å². The zero-order chi connectivity index (χ0) is 19.2. The van der Waals surface area contributed by atoms with E-state index in [0.717, 1.165) is 16.7 Å². The number of carbonyl (C=O) groups is 2. The van der Waals surface area contributed by atoms with Gasteiger partial charge in [-0.2, -0.15) is 0 Å². The van der Waals surface area contributed by atoms with Crippen molar-refractivity contribution >= 4 is 17.5 Å². The molecule has 0 saturated carbocycles. The van der Waals surface area contributed by atoms with E-state index in [2.05, 4.69) is 10.6 Å². The van der Waals surface area contributed by atoms with Crippen molar-refractivity contribution in [1.29, 1.82) is 0 Å². The summed E-state index contributed by atoms with van der Waals surface area (Å²) in [4.78, 5) is 25.1. The molecule has 0 aliphatic rings. The average Bonchev–Trinajstić information content (AvgIpc) is 2.68. The number of hydrogen-bond donors (Lipinski definition) is 2. The molecule has 0 spiro atoms. The number of amides is 2. The van der Waals surface area contributed by atoms with Gasteiger partial charge in [-0.25, -0.2) is 0 Å². The van der Waals surface area contributed by atoms with E-state index in [1.165, 1.54) is 0 Å². The molecule has 0 aromatic heterocycles. The van der Waals surface area contributed by atoms with Gasteiger partial charge in [0.15, 0.2) is 0 Å². The van der Waals surface area contributed by atoms with E-state index >= 15 is 0 Å². The number of carbonyl (C=O) groups excluding carboxylic acids is 2. The minimum Gasteiger partial charge on any atom is -0.348 e. The maximum atomic E-state index is 12.7. The van der Waals surface area contributed by atoms with Gasteiger partial charge in [0.1, 0.15) is 0 Å². The van der Waals surface area contributed by atoms with Crippen molar-refractivity contribution in [3.05, 3.63) is 101 Å². The molecule has 2 amide bonds. The lowest BCUT2D eigenvalue weighted by Crippen LogP contribution is -2.25. The third-order valence-corrected chi connectivity index (χ3v) is 4.43. The molecule has 3 rings (SSSR count). The highest BCUT2D eigenvalue weighted by atomic mass is 16.2. The monoisotopic (exact) mass is 358 g/mol. The van der Waals surface area contributed by atoms with E-state index in [4.69, 9.17) is 0 Å². The van der Waals surface area contributed by atoms with Crippen LogP contribution in [-0.4, -0.2) is 11.8 Å². The molecule has 0 saturated heterocycles. The normalized spacial score (nSPS) is 10.3. The average molecular weight is 358 g/mol. The Bertz CT molecular complexity index is 962. The molecule has 0 aliphatic carbocycles. The van der Waals surface area contributed by atoms with Gasteiger partial charge in [0.25, 0.3) is 11.8 Å². The fraction of sp³-hybridized carbons (Fsp3) is 0.130. The topological polar surface area (TPSA) is 58.2 Å². The van der Waals surface area contributed by atoms with E-state index in [1.807, 2.05) is 50.2 Å². The summed E-state index contributed by atoms with van der Waals surface area (Å²) in [5.41, 5.74) is 4.75. The van der Waals surface area contributed by atoms with Crippen molar-refractivity contribution in [3.8, 4) is 0 Å². The number of hydrogen-bond acceptors (Lipinski definition) is 2. The van der Waals surface area contributed by atoms with Crippen molar-refractivity contribution in [2.75, 3.05) is 5.32 Å². The highest BCUT2D eigenvalue weighted by Gasteiger charge is 2.14. The third kappa shape index (κ3) is 4.61. The maximum Gasteiger partial charge on any atom is 0.255 e. The van der Waals surface area contributed by atoms with Crippen LogP contribution in [0.5, 0.6) is 0 Å². The van der Waals surface area contributed by atoms with Gasteiger partial charge in [0.2, 0.25) is 0 Å². The Morgan fingerprint density at radius 1 is 0.778 bits per heavy atom. The Morgan fingerprint density at radius 2 is 1.44 bits per heavy atom. The number of nitrogens with one attached hydrogen (secondary N) is 2. The molecule has 0 bridgehead atoms. The third-order valence-electron chi connectivity index (χ3n) is 4.43. The maximum absolute atomic E-state index is 12.7. The zero-order valence-electron chi connectivity index (χ0n) is 15.5. The van der Waals surface area contributed by atoms with Gasteiger partial charge in [-0.05, 0) is 49.2 Å². The smallest absolute Gasteiger partial charge is 0.255 e. The number of para-hydroxylation sites is 1. The van der Waals surface area contributed by atoms with Crippen LogP contribution in [0, 0.1) is 13.8 Å². The second-order valence-electron chi connectivity index (χ2n) is 6.47. The molecule has 0 heterocycles. The second kappa shape index (κ2) is 8.32. The summed E-state index contributed by atoms with van der Waals surface area (Å²) in [7, 11) is 0. The van der Waals surface area contributed by atoms with Crippen molar-refractivity contribution in [2.45, 2.75) is 20.4 Å².